The fourth-order valence-corrected chi connectivity index (χ4v) is 3.85. The van der Waals surface area contributed by atoms with Crippen molar-refractivity contribution >= 4 is 38.1 Å². The Morgan fingerprint density at radius 3 is 2.35 bits per heavy atom. The molecule has 0 atom stereocenters. The Morgan fingerprint density at radius 2 is 1.77 bits per heavy atom. The molecule has 1 aromatic heterocycles. The summed E-state index contributed by atoms with van der Waals surface area (Å²) in [5.74, 6) is -0.935. The van der Waals surface area contributed by atoms with Crippen molar-refractivity contribution < 1.29 is 18.3 Å². The minimum absolute atomic E-state index is 0.0127. The molecule has 134 valence electrons. The van der Waals surface area contributed by atoms with Crippen molar-refractivity contribution in [2.75, 3.05) is 5.32 Å². The molecule has 0 aliphatic carbocycles. The van der Waals surface area contributed by atoms with Crippen molar-refractivity contribution in [3.05, 3.63) is 59.5 Å². The second-order valence-corrected chi connectivity index (χ2v) is 8.07. The number of benzene rings is 2. The number of carbonyl (C=O) groups is 1. The van der Waals surface area contributed by atoms with Gasteiger partial charge >= 0.3 is 5.97 Å². The standard InChI is InChI=1S/C17H15N3O4S2/c18-26(23,24)13-8-6-12(7-9-13)19-17-20-16(11-4-2-1-3-5-11)14(25-17)10-15(21)22/h1-9H,10H2,(H,19,20)(H,21,22)(H2,18,23,24). The summed E-state index contributed by atoms with van der Waals surface area (Å²) in [6.07, 6.45) is -0.131. The molecule has 0 radical (unpaired) electrons. The zero-order chi connectivity index (χ0) is 18.7. The second kappa shape index (κ2) is 7.24. The van der Waals surface area contributed by atoms with Crippen molar-refractivity contribution in [3.8, 4) is 11.3 Å². The van der Waals surface area contributed by atoms with E-state index >= 15 is 0 Å². The molecule has 0 spiro atoms. The maximum absolute atomic E-state index is 11.3. The third kappa shape index (κ3) is 4.26. The lowest BCUT2D eigenvalue weighted by Crippen LogP contribution is -2.11. The van der Waals surface area contributed by atoms with Crippen molar-refractivity contribution in [2.24, 2.45) is 5.14 Å². The molecule has 3 aromatic rings. The van der Waals surface area contributed by atoms with E-state index in [1.54, 1.807) is 12.1 Å². The van der Waals surface area contributed by atoms with Crippen LogP contribution < -0.4 is 10.5 Å². The number of carboxylic acids is 1. The molecule has 0 unspecified atom stereocenters. The smallest absolute Gasteiger partial charge is 0.308 e. The zero-order valence-corrected chi connectivity index (χ0v) is 15.0. The molecular weight excluding hydrogens is 374 g/mol. The number of hydrogen-bond acceptors (Lipinski definition) is 6. The fourth-order valence-electron chi connectivity index (χ4n) is 2.34. The van der Waals surface area contributed by atoms with Gasteiger partial charge in [-0.2, -0.15) is 0 Å². The lowest BCUT2D eigenvalue weighted by molar-refractivity contribution is -0.136. The van der Waals surface area contributed by atoms with Crippen LogP contribution in [0.15, 0.2) is 59.5 Å². The molecule has 4 N–H and O–H groups in total. The van der Waals surface area contributed by atoms with E-state index in [1.807, 2.05) is 30.3 Å². The molecule has 3 rings (SSSR count). The van der Waals surface area contributed by atoms with Crippen LogP contribution in [0.2, 0.25) is 0 Å². The Bertz CT molecular complexity index is 1030. The summed E-state index contributed by atoms with van der Waals surface area (Å²) >= 11 is 1.24. The number of aromatic nitrogens is 1. The average molecular weight is 389 g/mol. The van der Waals surface area contributed by atoms with Crippen LogP contribution in [0.4, 0.5) is 10.8 Å². The quantitative estimate of drug-likeness (QED) is 0.596. The molecule has 0 aliphatic heterocycles. The summed E-state index contributed by atoms with van der Waals surface area (Å²) in [7, 11) is -3.75. The van der Waals surface area contributed by atoms with Gasteiger partial charge < -0.3 is 10.4 Å². The van der Waals surface area contributed by atoms with Gasteiger partial charge in [0.2, 0.25) is 10.0 Å². The minimum Gasteiger partial charge on any atom is -0.481 e. The summed E-state index contributed by atoms with van der Waals surface area (Å²) in [5.41, 5.74) is 2.06. The van der Waals surface area contributed by atoms with E-state index in [1.165, 1.54) is 23.5 Å². The number of thiazole rings is 1. The van der Waals surface area contributed by atoms with Crippen LogP contribution >= 0.6 is 11.3 Å². The first kappa shape index (κ1) is 18.1. The molecule has 7 nitrogen and oxygen atoms in total. The number of nitrogens with zero attached hydrogens (tertiary/aromatic N) is 1. The van der Waals surface area contributed by atoms with Gasteiger partial charge in [0.25, 0.3) is 0 Å². The lowest BCUT2D eigenvalue weighted by atomic mass is 10.1. The van der Waals surface area contributed by atoms with Gasteiger partial charge in [0.15, 0.2) is 5.13 Å². The van der Waals surface area contributed by atoms with E-state index in [0.29, 0.717) is 21.4 Å². The van der Waals surface area contributed by atoms with Gasteiger partial charge in [-0.3, -0.25) is 4.79 Å². The number of carboxylic acid groups (broad SMARTS) is 1. The Labute approximate surface area is 154 Å². The van der Waals surface area contributed by atoms with E-state index in [2.05, 4.69) is 10.3 Å². The summed E-state index contributed by atoms with van der Waals surface area (Å²) in [4.78, 5) is 16.3. The SMILES string of the molecule is NS(=O)(=O)c1ccc(Nc2nc(-c3ccccc3)c(CC(=O)O)s2)cc1. The predicted molar refractivity (Wildman–Crippen MR) is 100.0 cm³/mol. The molecule has 0 aliphatic rings. The summed E-state index contributed by atoms with van der Waals surface area (Å²) in [6, 6.07) is 15.2. The normalized spacial score (nSPS) is 11.3. The van der Waals surface area contributed by atoms with Crippen molar-refractivity contribution in [1.82, 2.24) is 4.98 Å². The van der Waals surface area contributed by atoms with Gasteiger partial charge in [0.1, 0.15) is 0 Å². The number of nitrogens with two attached hydrogens (primary N) is 1. The van der Waals surface area contributed by atoms with Crippen LogP contribution in [0.25, 0.3) is 11.3 Å². The maximum atomic E-state index is 11.3. The van der Waals surface area contributed by atoms with Crippen LogP contribution in [-0.2, 0) is 21.2 Å². The van der Waals surface area contributed by atoms with Crippen molar-refractivity contribution in [2.45, 2.75) is 11.3 Å². The highest BCUT2D eigenvalue weighted by molar-refractivity contribution is 7.89. The third-order valence-corrected chi connectivity index (χ3v) is 5.39. The topological polar surface area (TPSA) is 122 Å². The number of rotatable bonds is 6. The number of hydrogen-bond donors (Lipinski definition) is 3. The third-order valence-electron chi connectivity index (χ3n) is 3.49. The molecule has 1 heterocycles. The van der Waals surface area contributed by atoms with Crippen LogP contribution in [0.1, 0.15) is 4.88 Å². The number of anilines is 2. The monoisotopic (exact) mass is 389 g/mol. The summed E-state index contributed by atoms with van der Waals surface area (Å²) < 4.78 is 22.6. The van der Waals surface area contributed by atoms with E-state index in [-0.39, 0.29) is 11.3 Å². The molecule has 0 saturated heterocycles. The number of primary sulfonamides is 1. The zero-order valence-electron chi connectivity index (χ0n) is 13.4. The fraction of sp³-hybridized carbons (Fsp3) is 0.0588. The number of nitrogens with one attached hydrogen (secondary N) is 1. The van der Waals surface area contributed by atoms with E-state index < -0.39 is 16.0 Å². The Kier molecular flexibility index (Phi) is 5.03. The molecule has 9 heteroatoms. The Hall–Kier alpha value is -2.75. The molecule has 0 amide bonds. The molecule has 0 bridgehead atoms. The predicted octanol–water partition coefficient (Wildman–Crippen LogP) is 2.83. The van der Waals surface area contributed by atoms with Crippen LogP contribution in [-0.4, -0.2) is 24.5 Å². The molecule has 26 heavy (non-hydrogen) atoms. The number of sulfonamides is 1. The second-order valence-electron chi connectivity index (χ2n) is 5.42. The Balaban J connectivity index is 1.91. The van der Waals surface area contributed by atoms with E-state index in [0.717, 1.165) is 5.56 Å². The van der Waals surface area contributed by atoms with Gasteiger partial charge in [0.05, 0.1) is 17.0 Å². The van der Waals surface area contributed by atoms with Crippen LogP contribution in [0.3, 0.4) is 0 Å². The average Bonchev–Trinajstić information content (AvgIpc) is 2.97. The van der Waals surface area contributed by atoms with Gasteiger partial charge in [0, 0.05) is 16.1 Å². The van der Waals surface area contributed by atoms with E-state index in [4.69, 9.17) is 10.2 Å². The molecular formula is C17H15N3O4S2. The van der Waals surface area contributed by atoms with Gasteiger partial charge in [-0.1, -0.05) is 30.3 Å². The van der Waals surface area contributed by atoms with Gasteiger partial charge in [-0.05, 0) is 24.3 Å². The van der Waals surface area contributed by atoms with Gasteiger partial charge in [-0.25, -0.2) is 18.5 Å². The van der Waals surface area contributed by atoms with Crippen LogP contribution in [0, 0.1) is 0 Å². The molecule has 2 aromatic carbocycles. The summed E-state index contributed by atoms with van der Waals surface area (Å²) in [5, 5.41) is 17.8. The maximum Gasteiger partial charge on any atom is 0.308 e. The van der Waals surface area contributed by atoms with Crippen molar-refractivity contribution in [1.29, 1.82) is 0 Å². The highest BCUT2D eigenvalue weighted by Gasteiger charge is 2.16. The first-order chi connectivity index (χ1) is 12.3. The van der Waals surface area contributed by atoms with Crippen molar-refractivity contribution in [3.63, 3.8) is 0 Å². The number of aliphatic carboxylic acids is 1. The highest BCUT2D eigenvalue weighted by Crippen LogP contribution is 2.33. The van der Waals surface area contributed by atoms with E-state index in [9.17, 15) is 13.2 Å². The molecule has 0 saturated carbocycles. The first-order valence-corrected chi connectivity index (χ1v) is 9.86. The Morgan fingerprint density at radius 1 is 1.12 bits per heavy atom. The lowest BCUT2D eigenvalue weighted by Gasteiger charge is -2.03. The molecule has 0 fully saturated rings. The largest absolute Gasteiger partial charge is 0.481 e. The highest BCUT2D eigenvalue weighted by atomic mass is 32.2. The summed E-state index contributed by atoms with van der Waals surface area (Å²) in [6.45, 7) is 0. The van der Waals surface area contributed by atoms with Gasteiger partial charge in [-0.15, -0.1) is 11.3 Å². The minimum atomic E-state index is -3.75. The first-order valence-electron chi connectivity index (χ1n) is 7.50. The van der Waals surface area contributed by atoms with Crippen LogP contribution in [0.5, 0.6) is 0 Å².